The summed E-state index contributed by atoms with van der Waals surface area (Å²) in [5.74, 6) is -0.817. The maximum atomic E-state index is 13.1. The van der Waals surface area contributed by atoms with E-state index in [9.17, 15) is 15.0 Å². The lowest BCUT2D eigenvalue weighted by molar-refractivity contribution is 0.0732. The van der Waals surface area contributed by atoms with E-state index < -0.39 is 0 Å². The molecule has 1 atom stereocenters. The predicted molar refractivity (Wildman–Crippen MR) is 121 cm³/mol. The minimum absolute atomic E-state index is 0.0388. The van der Waals surface area contributed by atoms with Crippen molar-refractivity contribution in [2.24, 2.45) is 0 Å². The number of aromatic hydroxyl groups is 2. The molecule has 1 saturated heterocycles. The molecule has 0 saturated carbocycles. The number of halogens is 1. The molecule has 8 heteroatoms. The standard InChI is InChI=1S/C24H25ClN4O3/c1-28(15-18-13-26-8-9-27-18)14-16-4-6-17(7-5-16)21-3-2-10-29(21)24(32)19-11-20(25)23(31)12-22(19)30/h4-9,11-13,21,30-31H,2-3,10,14-15H2,1H3. The van der Waals surface area contributed by atoms with Crippen molar-refractivity contribution in [1.29, 1.82) is 0 Å². The molecule has 3 aromatic rings. The summed E-state index contributed by atoms with van der Waals surface area (Å²) in [6, 6.07) is 10.6. The van der Waals surface area contributed by atoms with E-state index in [1.54, 1.807) is 23.5 Å². The normalized spacial score (nSPS) is 16.0. The molecule has 2 aromatic carbocycles. The fourth-order valence-electron chi connectivity index (χ4n) is 4.13. The highest BCUT2D eigenvalue weighted by atomic mass is 35.5. The van der Waals surface area contributed by atoms with Crippen LogP contribution in [0.2, 0.25) is 5.02 Å². The Hall–Kier alpha value is -3.16. The van der Waals surface area contributed by atoms with Crippen LogP contribution in [0.5, 0.6) is 11.5 Å². The highest BCUT2D eigenvalue weighted by Crippen LogP contribution is 2.37. The highest BCUT2D eigenvalue weighted by molar-refractivity contribution is 6.32. The van der Waals surface area contributed by atoms with Gasteiger partial charge in [0.05, 0.1) is 22.3 Å². The van der Waals surface area contributed by atoms with Gasteiger partial charge in [-0.25, -0.2) is 0 Å². The summed E-state index contributed by atoms with van der Waals surface area (Å²) in [5.41, 5.74) is 3.24. The largest absolute Gasteiger partial charge is 0.507 e. The Bertz CT molecular complexity index is 1090. The van der Waals surface area contributed by atoms with Gasteiger partial charge in [-0.3, -0.25) is 19.7 Å². The van der Waals surface area contributed by atoms with Crippen LogP contribution in [0.4, 0.5) is 0 Å². The molecular weight excluding hydrogens is 428 g/mol. The number of phenols is 2. The Morgan fingerprint density at radius 1 is 1.16 bits per heavy atom. The highest BCUT2D eigenvalue weighted by Gasteiger charge is 2.32. The zero-order valence-electron chi connectivity index (χ0n) is 17.8. The number of amides is 1. The van der Waals surface area contributed by atoms with E-state index in [2.05, 4.69) is 39.1 Å². The van der Waals surface area contributed by atoms with E-state index in [1.165, 1.54) is 11.6 Å². The third kappa shape index (κ3) is 4.84. The van der Waals surface area contributed by atoms with Crippen LogP contribution in [0.25, 0.3) is 0 Å². The first-order valence-electron chi connectivity index (χ1n) is 10.5. The van der Waals surface area contributed by atoms with Crippen LogP contribution in [-0.2, 0) is 13.1 Å². The van der Waals surface area contributed by atoms with Crippen LogP contribution >= 0.6 is 11.6 Å². The van der Waals surface area contributed by atoms with Crippen LogP contribution in [0.3, 0.4) is 0 Å². The number of nitrogens with zero attached hydrogens (tertiary/aromatic N) is 4. The van der Waals surface area contributed by atoms with Crippen LogP contribution in [0.15, 0.2) is 55.0 Å². The van der Waals surface area contributed by atoms with E-state index in [1.807, 2.05) is 7.05 Å². The molecule has 0 bridgehead atoms. The van der Waals surface area contributed by atoms with Crippen LogP contribution < -0.4 is 0 Å². The number of rotatable bonds is 6. The monoisotopic (exact) mass is 452 g/mol. The summed E-state index contributed by atoms with van der Waals surface area (Å²) in [5, 5.41) is 19.8. The van der Waals surface area contributed by atoms with Crippen molar-refractivity contribution in [3.63, 3.8) is 0 Å². The lowest BCUT2D eigenvalue weighted by atomic mass is 10.0. The van der Waals surface area contributed by atoms with Crippen molar-refractivity contribution in [2.75, 3.05) is 13.6 Å². The number of carbonyl (C=O) groups excluding carboxylic acids is 1. The minimum Gasteiger partial charge on any atom is -0.507 e. The third-order valence-corrected chi connectivity index (χ3v) is 5.98. The summed E-state index contributed by atoms with van der Waals surface area (Å²) < 4.78 is 0. The fraction of sp³-hybridized carbons (Fsp3) is 0.292. The Kier molecular flexibility index (Phi) is 6.58. The average molecular weight is 453 g/mol. The van der Waals surface area contributed by atoms with E-state index >= 15 is 0 Å². The van der Waals surface area contributed by atoms with Gasteiger partial charge in [0.1, 0.15) is 11.5 Å². The Morgan fingerprint density at radius 2 is 1.94 bits per heavy atom. The quantitative estimate of drug-likeness (QED) is 0.584. The molecule has 0 spiro atoms. The number of hydrogen-bond acceptors (Lipinski definition) is 6. The SMILES string of the molecule is CN(Cc1ccc(C2CCCN2C(=O)c2cc(Cl)c(O)cc2O)cc1)Cc1cnccn1. The molecule has 1 aliphatic heterocycles. The number of carbonyl (C=O) groups is 1. The minimum atomic E-state index is -0.292. The van der Waals surface area contributed by atoms with Crippen molar-refractivity contribution < 1.29 is 15.0 Å². The van der Waals surface area contributed by atoms with E-state index in [-0.39, 0.29) is 34.0 Å². The Balaban J connectivity index is 1.45. The molecule has 2 heterocycles. The Morgan fingerprint density at radius 3 is 2.66 bits per heavy atom. The molecule has 166 valence electrons. The molecule has 1 aliphatic rings. The Labute approximate surface area is 191 Å². The van der Waals surface area contributed by atoms with Crippen LogP contribution in [0.1, 0.15) is 46.1 Å². The first-order valence-corrected chi connectivity index (χ1v) is 10.8. The first-order chi connectivity index (χ1) is 15.4. The maximum absolute atomic E-state index is 13.1. The van der Waals surface area contributed by atoms with Gasteiger partial charge in [-0.15, -0.1) is 0 Å². The lowest BCUT2D eigenvalue weighted by Gasteiger charge is -2.26. The zero-order chi connectivity index (χ0) is 22.7. The average Bonchev–Trinajstić information content (AvgIpc) is 3.27. The van der Waals surface area contributed by atoms with Gasteiger partial charge in [0.25, 0.3) is 5.91 Å². The second-order valence-corrected chi connectivity index (χ2v) is 8.50. The van der Waals surface area contributed by atoms with Gasteiger partial charge in [-0.2, -0.15) is 0 Å². The number of benzene rings is 2. The molecule has 1 fully saturated rings. The van der Waals surface area contributed by atoms with Crippen molar-refractivity contribution in [3.05, 3.63) is 82.4 Å². The number of hydrogen-bond donors (Lipinski definition) is 2. The summed E-state index contributed by atoms with van der Waals surface area (Å²) >= 11 is 5.96. The van der Waals surface area contributed by atoms with Gasteiger partial charge in [-0.1, -0.05) is 35.9 Å². The van der Waals surface area contributed by atoms with Crippen LogP contribution in [0, 0.1) is 0 Å². The zero-order valence-corrected chi connectivity index (χ0v) is 18.5. The molecule has 0 aliphatic carbocycles. The van der Waals surface area contributed by atoms with Gasteiger partial charge in [-0.05, 0) is 37.1 Å². The van der Waals surface area contributed by atoms with Gasteiger partial charge >= 0.3 is 0 Å². The molecule has 0 radical (unpaired) electrons. The van der Waals surface area contributed by atoms with Gasteiger partial charge in [0.15, 0.2) is 0 Å². The smallest absolute Gasteiger partial charge is 0.258 e. The summed E-state index contributed by atoms with van der Waals surface area (Å²) in [6.45, 7) is 2.08. The molecule has 32 heavy (non-hydrogen) atoms. The van der Waals surface area contributed by atoms with Gasteiger partial charge in [0.2, 0.25) is 0 Å². The van der Waals surface area contributed by atoms with Crippen LogP contribution in [-0.4, -0.2) is 49.5 Å². The fourth-order valence-corrected chi connectivity index (χ4v) is 4.30. The van der Waals surface area contributed by atoms with E-state index in [0.29, 0.717) is 13.1 Å². The summed E-state index contributed by atoms with van der Waals surface area (Å²) in [6.07, 6.45) is 6.86. The molecule has 1 aromatic heterocycles. The lowest BCUT2D eigenvalue weighted by Crippen LogP contribution is -2.30. The van der Waals surface area contributed by atoms with Crippen molar-refractivity contribution in [1.82, 2.24) is 19.8 Å². The molecular formula is C24H25ClN4O3. The first kappa shape index (κ1) is 22.0. The van der Waals surface area contributed by atoms with E-state index in [4.69, 9.17) is 11.6 Å². The van der Waals surface area contributed by atoms with Crippen molar-refractivity contribution in [2.45, 2.75) is 32.0 Å². The third-order valence-electron chi connectivity index (χ3n) is 5.67. The van der Waals surface area contributed by atoms with Gasteiger partial charge in [0, 0.05) is 44.3 Å². The number of aromatic nitrogens is 2. The predicted octanol–water partition coefficient (Wildman–Crippen LogP) is 4.15. The number of likely N-dealkylation sites (tertiary alicyclic amines) is 1. The molecule has 4 rings (SSSR count). The molecule has 2 N–H and O–H groups in total. The second kappa shape index (κ2) is 9.54. The van der Waals surface area contributed by atoms with Gasteiger partial charge < -0.3 is 15.1 Å². The maximum Gasteiger partial charge on any atom is 0.258 e. The summed E-state index contributed by atoms with van der Waals surface area (Å²) in [4.78, 5) is 25.5. The molecule has 1 amide bonds. The topological polar surface area (TPSA) is 89.8 Å². The van der Waals surface area contributed by atoms with E-state index in [0.717, 1.165) is 36.7 Å². The summed E-state index contributed by atoms with van der Waals surface area (Å²) in [7, 11) is 2.04. The molecule has 1 unspecified atom stereocenters. The van der Waals surface area contributed by atoms with Crippen molar-refractivity contribution >= 4 is 17.5 Å². The number of phenolic OH excluding ortho intramolecular Hbond substituents is 2. The van der Waals surface area contributed by atoms with Crippen molar-refractivity contribution in [3.8, 4) is 11.5 Å². The second-order valence-electron chi connectivity index (χ2n) is 8.09. The molecule has 7 nitrogen and oxygen atoms in total.